The predicted octanol–water partition coefficient (Wildman–Crippen LogP) is 0.850. The molecule has 0 aromatic heterocycles. The van der Waals surface area contributed by atoms with Crippen LogP contribution in [0.1, 0.15) is 6.92 Å². The van der Waals surface area contributed by atoms with Crippen LogP contribution in [0.25, 0.3) is 0 Å². The van der Waals surface area contributed by atoms with E-state index in [1.807, 2.05) is 0 Å². The molecule has 1 aliphatic rings. The SMILES string of the molecule is COC(=O)C1=NC(=O)C(Br)C=C1C. The lowest BCUT2D eigenvalue weighted by Crippen LogP contribution is -2.26. The molecular formula is C8H8BrNO3. The summed E-state index contributed by atoms with van der Waals surface area (Å²) in [6, 6.07) is 0. The summed E-state index contributed by atoms with van der Waals surface area (Å²) in [5.41, 5.74) is 0.733. The molecule has 0 radical (unpaired) electrons. The number of carbonyl (C=O) groups excluding carboxylic acids is 2. The molecule has 0 aliphatic carbocycles. The number of alkyl halides is 1. The maximum atomic E-state index is 11.1. The first kappa shape index (κ1) is 10.1. The van der Waals surface area contributed by atoms with Crippen molar-refractivity contribution >= 4 is 33.5 Å². The standard InChI is InChI=1S/C8H8BrNO3/c1-4-3-5(9)7(11)10-6(4)8(12)13-2/h3,5H,1-2H3. The highest BCUT2D eigenvalue weighted by Gasteiger charge is 2.24. The molecule has 0 saturated carbocycles. The number of dihydropyridines is 1. The van der Waals surface area contributed by atoms with Crippen molar-refractivity contribution in [1.82, 2.24) is 0 Å². The average Bonchev–Trinajstić information content (AvgIpc) is 2.10. The van der Waals surface area contributed by atoms with E-state index in [-0.39, 0.29) is 11.6 Å². The van der Waals surface area contributed by atoms with E-state index in [1.165, 1.54) is 7.11 Å². The maximum absolute atomic E-state index is 11.1. The largest absolute Gasteiger partial charge is 0.464 e. The van der Waals surface area contributed by atoms with Crippen molar-refractivity contribution in [2.75, 3.05) is 7.11 Å². The Morgan fingerprint density at radius 1 is 1.69 bits per heavy atom. The van der Waals surface area contributed by atoms with E-state index in [0.29, 0.717) is 5.57 Å². The highest BCUT2D eigenvalue weighted by Crippen LogP contribution is 2.15. The number of aliphatic imine (C=N–C) groups is 1. The minimum atomic E-state index is -0.582. The van der Waals surface area contributed by atoms with Gasteiger partial charge in [0.15, 0.2) is 5.71 Å². The van der Waals surface area contributed by atoms with Crippen molar-refractivity contribution < 1.29 is 14.3 Å². The van der Waals surface area contributed by atoms with Crippen molar-refractivity contribution in [3.63, 3.8) is 0 Å². The Morgan fingerprint density at radius 2 is 2.31 bits per heavy atom. The Bertz CT molecular complexity index is 319. The Morgan fingerprint density at radius 3 is 2.85 bits per heavy atom. The van der Waals surface area contributed by atoms with Gasteiger partial charge in [-0.1, -0.05) is 22.0 Å². The summed E-state index contributed by atoms with van der Waals surface area (Å²) >= 11 is 3.11. The number of amides is 1. The lowest BCUT2D eigenvalue weighted by Gasteiger charge is -2.11. The molecule has 0 N–H and O–H groups in total. The number of hydrogen-bond acceptors (Lipinski definition) is 3. The quantitative estimate of drug-likeness (QED) is 0.509. The van der Waals surface area contributed by atoms with Gasteiger partial charge >= 0.3 is 5.97 Å². The molecule has 0 fully saturated rings. The van der Waals surface area contributed by atoms with Gasteiger partial charge in [-0.3, -0.25) is 4.79 Å². The zero-order valence-electron chi connectivity index (χ0n) is 7.20. The second-order valence-corrected chi connectivity index (χ2v) is 3.53. The van der Waals surface area contributed by atoms with Crippen LogP contribution >= 0.6 is 15.9 Å². The Labute approximate surface area is 83.8 Å². The lowest BCUT2D eigenvalue weighted by molar-refractivity contribution is -0.133. The first-order valence-corrected chi connectivity index (χ1v) is 4.51. The van der Waals surface area contributed by atoms with Crippen molar-refractivity contribution in [1.29, 1.82) is 0 Å². The number of carbonyl (C=O) groups is 2. The number of nitrogens with zero attached hydrogens (tertiary/aromatic N) is 1. The van der Waals surface area contributed by atoms with E-state index in [1.54, 1.807) is 13.0 Å². The second-order valence-electron chi connectivity index (χ2n) is 2.54. The number of esters is 1. The smallest absolute Gasteiger partial charge is 0.357 e. The molecule has 0 saturated heterocycles. The van der Waals surface area contributed by atoms with Crippen LogP contribution in [-0.4, -0.2) is 29.5 Å². The second kappa shape index (κ2) is 3.83. The fourth-order valence-electron chi connectivity index (χ4n) is 0.933. The summed E-state index contributed by atoms with van der Waals surface area (Å²) in [7, 11) is 1.25. The third-order valence-corrected chi connectivity index (χ3v) is 2.26. The number of rotatable bonds is 1. The fraction of sp³-hybridized carbons (Fsp3) is 0.375. The van der Waals surface area contributed by atoms with Gasteiger partial charge in [0.05, 0.1) is 7.11 Å². The lowest BCUT2D eigenvalue weighted by atomic mass is 10.1. The van der Waals surface area contributed by atoms with Crippen LogP contribution in [0.15, 0.2) is 16.6 Å². The molecule has 1 rings (SSSR count). The van der Waals surface area contributed by atoms with E-state index in [0.717, 1.165) is 0 Å². The van der Waals surface area contributed by atoms with E-state index >= 15 is 0 Å². The van der Waals surface area contributed by atoms with E-state index in [2.05, 4.69) is 25.7 Å². The van der Waals surface area contributed by atoms with E-state index < -0.39 is 10.8 Å². The maximum Gasteiger partial charge on any atom is 0.357 e. The fourth-order valence-corrected chi connectivity index (χ4v) is 1.43. The number of halogens is 1. The number of hydrogen-bond donors (Lipinski definition) is 0. The van der Waals surface area contributed by atoms with E-state index in [4.69, 9.17) is 0 Å². The Hall–Kier alpha value is -0.970. The van der Waals surface area contributed by atoms with Gasteiger partial charge in [-0.05, 0) is 12.5 Å². The molecule has 1 aliphatic heterocycles. The molecule has 13 heavy (non-hydrogen) atoms. The minimum Gasteiger partial charge on any atom is -0.464 e. The molecule has 0 aromatic carbocycles. The normalized spacial score (nSPS) is 22.1. The average molecular weight is 246 g/mol. The Balaban J connectivity index is 2.99. The van der Waals surface area contributed by atoms with Crippen molar-refractivity contribution in [2.45, 2.75) is 11.8 Å². The van der Waals surface area contributed by atoms with Crippen molar-refractivity contribution in [2.24, 2.45) is 4.99 Å². The van der Waals surface area contributed by atoms with Gasteiger partial charge in [-0.25, -0.2) is 9.79 Å². The van der Waals surface area contributed by atoms with Gasteiger partial charge in [0.2, 0.25) is 0 Å². The first-order valence-electron chi connectivity index (χ1n) is 3.60. The summed E-state index contributed by atoms with van der Waals surface area (Å²) in [5, 5.41) is 0. The summed E-state index contributed by atoms with van der Waals surface area (Å²) in [6.45, 7) is 1.70. The van der Waals surface area contributed by atoms with Gasteiger partial charge in [-0.15, -0.1) is 0 Å². The topological polar surface area (TPSA) is 55.7 Å². The highest BCUT2D eigenvalue weighted by molar-refractivity contribution is 9.10. The zero-order chi connectivity index (χ0) is 10.0. The highest BCUT2D eigenvalue weighted by atomic mass is 79.9. The molecule has 0 aromatic rings. The number of ether oxygens (including phenoxy) is 1. The molecule has 1 heterocycles. The van der Waals surface area contributed by atoms with Crippen LogP contribution in [0.4, 0.5) is 0 Å². The molecule has 1 atom stereocenters. The monoisotopic (exact) mass is 245 g/mol. The van der Waals surface area contributed by atoms with Crippen molar-refractivity contribution in [3.05, 3.63) is 11.6 Å². The third kappa shape index (κ3) is 2.03. The van der Waals surface area contributed by atoms with Gasteiger partial charge in [-0.2, -0.15) is 0 Å². The van der Waals surface area contributed by atoms with Crippen LogP contribution < -0.4 is 0 Å². The van der Waals surface area contributed by atoms with Crippen LogP contribution in [-0.2, 0) is 14.3 Å². The van der Waals surface area contributed by atoms with Crippen molar-refractivity contribution in [3.8, 4) is 0 Å². The predicted molar refractivity (Wildman–Crippen MR) is 50.9 cm³/mol. The van der Waals surface area contributed by atoms with E-state index in [9.17, 15) is 9.59 Å². The molecule has 1 amide bonds. The minimum absolute atomic E-state index is 0.0863. The van der Waals surface area contributed by atoms with Crippen LogP contribution in [0.5, 0.6) is 0 Å². The molecule has 0 spiro atoms. The summed E-state index contributed by atoms with van der Waals surface area (Å²) in [4.78, 5) is 25.3. The van der Waals surface area contributed by atoms with Gasteiger partial charge < -0.3 is 4.74 Å². The molecule has 5 heteroatoms. The Kier molecular flexibility index (Phi) is 2.98. The van der Waals surface area contributed by atoms with Gasteiger partial charge in [0, 0.05) is 0 Å². The van der Waals surface area contributed by atoms with Gasteiger partial charge in [0.1, 0.15) is 4.83 Å². The van der Waals surface area contributed by atoms with Gasteiger partial charge in [0.25, 0.3) is 5.91 Å². The summed E-state index contributed by atoms with van der Waals surface area (Å²) in [6.07, 6.45) is 1.63. The molecule has 4 nitrogen and oxygen atoms in total. The third-order valence-electron chi connectivity index (χ3n) is 1.61. The first-order chi connectivity index (χ1) is 6.06. The van der Waals surface area contributed by atoms with Crippen LogP contribution in [0, 0.1) is 0 Å². The number of methoxy groups -OCH3 is 1. The van der Waals surface area contributed by atoms with Crippen LogP contribution in [0.2, 0.25) is 0 Å². The van der Waals surface area contributed by atoms with Crippen LogP contribution in [0.3, 0.4) is 0 Å². The zero-order valence-corrected chi connectivity index (χ0v) is 8.79. The summed E-state index contributed by atoms with van der Waals surface area (Å²) < 4.78 is 4.47. The molecule has 0 bridgehead atoms. The molecular weight excluding hydrogens is 238 g/mol. The molecule has 70 valence electrons. The molecule has 1 unspecified atom stereocenters. The summed E-state index contributed by atoms with van der Waals surface area (Å²) in [5.74, 6) is -0.965.